The molecule has 0 spiro atoms. The average Bonchev–Trinajstić information content (AvgIpc) is 3.25. The van der Waals surface area contributed by atoms with Crippen LogP contribution in [0.1, 0.15) is 78.3 Å². The standard InChI is InChI=1S/C27H29N7O5/c1-27(2,3)39-26(38)33-13-5-4-6-19(33)23-32-21(22(25(36)37)34(23)29)17-7-9-18(10-8-17)24(35)31-20-14-16(15-28)11-12-30-20/h7-12,14,19H,4-6,13,29H2,1-3H3,(H,36,37)(H,30,31,35)/t19-/m0/s1. The average molecular weight is 532 g/mol. The molecular formula is C27H29N7O5. The molecule has 0 radical (unpaired) electrons. The normalized spacial score (nSPS) is 15.3. The van der Waals surface area contributed by atoms with E-state index < -0.39 is 29.6 Å². The first-order valence-electron chi connectivity index (χ1n) is 12.4. The Morgan fingerprint density at radius 3 is 2.54 bits per heavy atom. The van der Waals surface area contributed by atoms with E-state index >= 15 is 0 Å². The molecule has 2 amide bonds. The molecule has 1 atom stereocenters. The van der Waals surface area contributed by atoms with E-state index in [0.717, 1.165) is 17.5 Å². The van der Waals surface area contributed by atoms with Crippen LogP contribution in [-0.4, -0.2) is 54.8 Å². The maximum atomic E-state index is 12.9. The lowest BCUT2D eigenvalue weighted by atomic mass is 10.0. The number of nitrogen functional groups attached to an aromatic ring is 1. The summed E-state index contributed by atoms with van der Waals surface area (Å²) in [6.07, 6.45) is 3.04. The van der Waals surface area contributed by atoms with E-state index in [1.54, 1.807) is 37.8 Å². The van der Waals surface area contributed by atoms with Crippen LogP contribution in [-0.2, 0) is 4.74 Å². The van der Waals surface area contributed by atoms with Crippen molar-refractivity contribution >= 4 is 23.8 Å². The van der Waals surface area contributed by atoms with Crippen molar-refractivity contribution in [2.24, 2.45) is 0 Å². The molecule has 1 saturated heterocycles. The van der Waals surface area contributed by atoms with Gasteiger partial charge in [-0.2, -0.15) is 5.26 Å². The summed E-state index contributed by atoms with van der Waals surface area (Å²) < 4.78 is 6.58. The van der Waals surface area contributed by atoms with Crippen molar-refractivity contribution in [2.75, 3.05) is 17.7 Å². The van der Waals surface area contributed by atoms with Crippen LogP contribution >= 0.6 is 0 Å². The van der Waals surface area contributed by atoms with Gasteiger partial charge in [-0.05, 0) is 64.3 Å². The van der Waals surface area contributed by atoms with Gasteiger partial charge in [-0.25, -0.2) is 24.2 Å². The van der Waals surface area contributed by atoms with Gasteiger partial charge in [-0.1, -0.05) is 12.1 Å². The Morgan fingerprint density at radius 1 is 1.18 bits per heavy atom. The molecule has 4 rings (SSSR count). The molecule has 0 bridgehead atoms. The molecule has 1 aromatic carbocycles. The van der Waals surface area contributed by atoms with Crippen LogP contribution in [0.15, 0.2) is 42.6 Å². The molecule has 1 aliphatic heterocycles. The number of pyridine rings is 1. The van der Waals surface area contributed by atoms with Gasteiger partial charge in [0.1, 0.15) is 17.1 Å². The van der Waals surface area contributed by atoms with Crippen molar-refractivity contribution in [2.45, 2.75) is 51.7 Å². The van der Waals surface area contributed by atoms with Crippen molar-refractivity contribution in [1.82, 2.24) is 19.5 Å². The Hall–Kier alpha value is -4.92. The number of nitriles is 1. The third kappa shape index (κ3) is 5.98. The van der Waals surface area contributed by atoms with E-state index in [0.29, 0.717) is 24.1 Å². The molecule has 3 aromatic rings. The van der Waals surface area contributed by atoms with Crippen LogP contribution in [0.25, 0.3) is 11.3 Å². The summed E-state index contributed by atoms with van der Waals surface area (Å²) >= 11 is 0. The number of hydrogen-bond acceptors (Lipinski definition) is 8. The highest BCUT2D eigenvalue weighted by molar-refractivity contribution is 6.04. The molecule has 0 aliphatic carbocycles. The van der Waals surface area contributed by atoms with Crippen molar-refractivity contribution in [3.63, 3.8) is 0 Å². The fourth-order valence-electron chi connectivity index (χ4n) is 4.37. The van der Waals surface area contributed by atoms with Crippen LogP contribution in [0.5, 0.6) is 0 Å². The number of carbonyl (C=O) groups excluding carboxylic acids is 2. The zero-order chi connectivity index (χ0) is 28.3. The molecule has 202 valence electrons. The third-order valence-corrected chi connectivity index (χ3v) is 6.12. The lowest BCUT2D eigenvalue weighted by Crippen LogP contribution is -2.43. The van der Waals surface area contributed by atoms with E-state index in [9.17, 15) is 19.5 Å². The minimum Gasteiger partial charge on any atom is -0.476 e. The maximum Gasteiger partial charge on any atom is 0.410 e. The number of imidazole rings is 1. The van der Waals surface area contributed by atoms with Gasteiger partial charge < -0.3 is 21.0 Å². The molecule has 0 saturated carbocycles. The molecule has 12 nitrogen and oxygen atoms in total. The molecule has 2 aromatic heterocycles. The number of hydrogen-bond donors (Lipinski definition) is 3. The summed E-state index contributed by atoms with van der Waals surface area (Å²) in [6.45, 7) is 5.76. The fraction of sp³-hybridized carbons (Fsp3) is 0.333. The molecule has 3 heterocycles. The molecule has 1 fully saturated rings. The lowest BCUT2D eigenvalue weighted by molar-refractivity contribution is 0.00821. The Balaban J connectivity index is 1.63. The number of benzene rings is 1. The highest BCUT2D eigenvalue weighted by atomic mass is 16.6. The van der Waals surface area contributed by atoms with Crippen LogP contribution < -0.4 is 11.2 Å². The summed E-state index contributed by atoms with van der Waals surface area (Å²) in [5.41, 5.74) is 0.249. The molecule has 0 unspecified atom stereocenters. The van der Waals surface area contributed by atoms with E-state index in [1.807, 2.05) is 6.07 Å². The monoisotopic (exact) mass is 531 g/mol. The number of anilines is 1. The lowest BCUT2D eigenvalue weighted by Gasteiger charge is -2.36. The molecule has 39 heavy (non-hydrogen) atoms. The number of rotatable bonds is 5. The van der Waals surface area contributed by atoms with Crippen LogP contribution in [0.3, 0.4) is 0 Å². The predicted octanol–water partition coefficient (Wildman–Crippen LogP) is 3.94. The first-order valence-corrected chi connectivity index (χ1v) is 12.4. The number of ether oxygens (including phenoxy) is 1. The minimum atomic E-state index is -1.28. The topological polar surface area (TPSA) is 176 Å². The van der Waals surface area contributed by atoms with Gasteiger partial charge in [0.15, 0.2) is 11.5 Å². The summed E-state index contributed by atoms with van der Waals surface area (Å²) in [7, 11) is 0. The number of piperidine rings is 1. The van der Waals surface area contributed by atoms with Crippen LogP contribution in [0.4, 0.5) is 10.6 Å². The van der Waals surface area contributed by atoms with E-state index in [-0.39, 0.29) is 28.6 Å². The number of amides is 2. The van der Waals surface area contributed by atoms with Gasteiger partial charge in [0.2, 0.25) is 0 Å². The minimum absolute atomic E-state index is 0.116. The highest BCUT2D eigenvalue weighted by Gasteiger charge is 2.36. The Bertz CT molecular complexity index is 1450. The smallest absolute Gasteiger partial charge is 0.410 e. The van der Waals surface area contributed by atoms with Gasteiger partial charge in [0.25, 0.3) is 5.91 Å². The SMILES string of the molecule is CC(C)(C)OC(=O)N1CCCC[C@H]1c1nc(-c2ccc(C(=O)Nc3cc(C#N)ccn3)cc2)c(C(=O)O)n1N. The van der Waals surface area contributed by atoms with E-state index in [4.69, 9.17) is 15.8 Å². The second-order valence-corrected chi connectivity index (χ2v) is 10.1. The van der Waals surface area contributed by atoms with Crippen LogP contribution in [0.2, 0.25) is 0 Å². The number of nitrogens with one attached hydrogen (secondary N) is 1. The Labute approximate surface area is 225 Å². The maximum absolute atomic E-state index is 12.9. The number of aromatic nitrogens is 3. The van der Waals surface area contributed by atoms with Gasteiger partial charge >= 0.3 is 12.1 Å². The zero-order valence-electron chi connectivity index (χ0n) is 21.8. The largest absolute Gasteiger partial charge is 0.476 e. The van der Waals surface area contributed by atoms with Crippen molar-refractivity contribution in [3.05, 3.63) is 65.2 Å². The second-order valence-electron chi connectivity index (χ2n) is 10.1. The number of carboxylic acids is 1. The number of carbonyl (C=O) groups is 3. The van der Waals surface area contributed by atoms with Gasteiger partial charge in [-0.3, -0.25) is 9.69 Å². The number of nitrogens with two attached hydrogens (primary N) is 1. The van der Waals surface area contributed by atoms with Gasteiger partial charge in [0, 0.05) is 23.9 Å². The van der Waals surface area contributed by atoms with E-state index in [1.165, 1.54) is 30.5 Å². The number of likely N-dealkylation sites (tertiary alicyclic amines) is 1. The number of nitrogens with zero attached hydrogens (tertiary/aromatic N) is 5. The van der Waals surface area contributed by atoms with Crippen molar-refractivity contribution in [1.29, 1.82) is 5.26 Å². The van der Waals surface area contributed by atoms with Crippen molar-refractivity contribution in [3.8, 4) is 17.3 Å². The first-order chi connectivity index (χ1) is 18.5. The Kier molecular flexibility index (Phi) is 7.53. The predicted molar refractivity (Wildman–Crippen MR) is 141 cm³/mol. The first kappa shape index (κ1) is 27.1. The summed E-state index contributed by atoms with van der Waals surface area (Å²) in [6, 6.07) is 10.6. The summed E-state index contributed by atoms with van der Waals surface area (Å²) in [4.78, 5) is 48.0. The summed E-state index contributed by atoms with van der Waals surface area (Å²) in [5, 5.41) is 21.6. The summed E-state index contributed by atoms with van der Waals surface area (Å²) in [5.74, 6) is 4.98. The van der Waals surface area contributed by atoms with E-state index in [2.05, 4.69) is 15.3 Å². The highest BCUT2D eigenvalue weighted by Crippen LogP contribution is 2.34. The third-order valence-electron chi connectivity index (χ3n) is 6.12. The van der Waals surface area contributed by atoms with Gasteiger partial charge in [0.05, 0.1) is 17.7 Å². The fourth-order valence-corrected chi connectivity index (χ4v) is 4.37. The second kappa shape index (κ2) is 10.8. The molecular weight excluding hydrogens is 502 g/mol. The molecule has 4 N–H and O–H groups in total. The van der Waals surface area contributed by atoms with Crippen LogP contribution in [0, 0.1) is 11.3 Å². The Morgan fingerprint density at radius 2 is 1.90 bits per heavy atom. The zero-order valence-corrected chi connectivity index (χ0v) is 21.8. The van der Waals surface area contributed by atoms with Gasteiger partial charge in [-0.15, -0.1) is 0 Å². The van der Waals surface area contributed by atoms with Crippen molar-refractivity contribution < 1.29 is 24.2 Å². The number of carboxylic acid groups (broad SMARTS) is 1. The number of aromatic carboxylic acids is 1. The quantitative estimate of drug-likeness (QED) is 0.411. The molecule has 12 heteroatoms. The molecule has 1 aliphatic rings.